The van der Waals surface area contributed by atoms with Crippen LogP contribution >= 0.6 is 0 Å². The van der Waals surface area contributed by atoms with Crippen LogP contribution in [0.15, 0.2) is 36.4 Å². The molecule has 0 atom stereocenters. The second-order valence-electron chi connectivity index (χ2n) is 8.13. The van der Waals surface area contributed by atoms with Gasteiger partial charge in [-0.25, -0.2) is 0 Å². The monoisotopic (exact) mass is 401 g/mol. The molecule has 0 radical (unpaired) electrons. The smallest absolute Gasteiger partial charge is 0.224 e. The Balaban J connectivity index is 1.82. The molecule has 0 heterocycles. The van der Waals surface area contributed by atoms with E-state index in [-0.39, 0.29) is 11.7 Å². The maximum atomic E-state index is 11.9. The van der Waals surface area contributed by atoms with Crippen LogP contribution in [-0.2, 0) is 11.2 Å². The number of carbonyl (C=O) groups is 1. The van der Waals surface area contributed by atoms with Crippen molar-refractivity contribution in [2.75, 3.05) is 6.54 Å². The van der Waals surface area contributed by atoms with Gasteiger partial charge in [0, 0.05) is 6.54 Å². The number of benzene rings is 1. The number of hydrogen-bond acceptors (Lipinski definition) is 2. The third-order valence-electron chi connectivity index (χ3n) is 5.31. The fraction of sp³-hybridized carbons (Fsp3) is 0.654. The van der Waals surface area contributed by atoms with E-state index in [9.17, 15) is 9.90 Å². The summed E-state index contributed by atoms with van der Waals surface area (Å²) in [6, 6.07) is 6.82. The third-order valence-corrected chi connectivity index (χ3v) is 5.31. The molecule has 3 heteroatoms. The van der Waals surface area contributed by atoms with Crippen molar-refractivity contribution in [1.29, 1.82) is 0 Å². The average Bonchev–Trinajstić information content (AvgIpc) is 2.72. The van der Waals surface area contributed by atoms with Crippen molar-refractivity contribution >= 4 is 5.91 Å². The van der Waals surface area contributed by atoms with Gasteiger partial charge in [0.05, 0.1) is 6.42 Å². The highest BCUT2D eigenvalue weighted by Crippen LogP contribution is 2.11. The summed E-state index contributed by atoms with van der Waals surface area (Å²) in [4.78, 5) is 11.9. The number of phenolic OH excluding ortho intramolecular Hbond substituents is 1. The Bertz CT molecular complexity index is 536. The Kier molecular flexibility index (Phi) is 15.9. The van der Waals surface area contributed by atoms with Crippen LogP contribution in [0.2, 0.25) is 0 Å². The number of amides is 1. The molecule has 0 saturated carbocycles. The number of nitrogens with one attached hydrogen (secondary N) is 1. The fourth-order valence-corrected chi connectivity index (χ4v) is 3.46. The van der Waals surface area contributed by atoms with E-state index in [0.717, 1.165) is 18.5 Å². The minimum Gasteiger partial charge on any atom is -0.508 e. The van der Waals surface area contributed by atoms with Gasteiger partial charge >= 0.3 is 0 Å². The van der Waals surface area contributed by atoms with Gasteiger partial charge in [0.15, 0.2) is 0 Å². The first kappa shape index (κ1) is 25.3. The van der Waals surface area contributed by atoms with Crippen LogP contribution in [0, 0.1) is 0 Å². The SMILES string of the molecule is CCCCCCCC/C=C\CCCCCCCCNC(=O)Cc1ccc(O)cc1. The molecule has 0 unspecified atom stereocenters. The lowest BCUT2D eigenvalue weighted by molar-refractivity contribution is -0.120. The van der Waals surface area contributed by atoms with Crippen LogP contribution in [0.1, 0.15) is 102 Å². The van der Waals surface area contributed by atoms with Crippen LogP contribution in [0.4, 0.5) is 0 Å². The molecule has 3 nitrogen and oxygen atoms in total. The second-order valence-corrected chi connectivity index (χ2v) is 8.13. The lowest BCUT2D eigenvalue weighted by Crippen LogP contribution is -2.26. The molecule has 0 bridgehead atoms. The lowest BCUT2D eigenvalue weighted by Gasteiger charge is -2.05. The first-order valence-corrected chi connectivity index (χ1v) is 11.9. The summed E-state index contributed by atoms with van der Waals surface area (Å²) < 4.78 is 0. The number of carbonyl (C=O) groups excluding carboxylic acids is 1. The van der Waals surface area contributed by atoms with Gasteiger partial charge in [-0.3, -0.25) is 4.79 Å². The van der Waals surface area contributed by atoms with Crippen LogP contribution in [0.3, 0.4) is 0 Å². The molecule has 0 spiro atoms. The molecular formula is C26H43NO2. The van der Waals surface area contributed by atoms with E-state index < -0.39 is 0 Å². The van der Waals surface area contributed by atoms with E-state index in [1.165, 1.54) is 83.5 Å². The molecule has 1 amide bonds. The summed E-state index contributed by atoms with van der Waals surface area (Å²) >= 11 is 0. The van der Waals surface area contributed by atoms with Crippen LogP contribution in [0.25, 0.3) is 0 Å². The van der Waals surface area contributed by atoms with E-state index >= 15 is 0 Å². The van der Waals surface area contributed by atoms with Crippen molar-refractivity contribution in [2.24, 2.45) is 0 Å². The van der Waals surface area contributed by atoms with Crippen molar-refractivity contribution < 1.29 is 9.90 Å². The molecule has 164 valence electrons. The zero-order valence-corrected chi connectivity index (χ0v) is 18.6. The van der Waals surface area contributed by atoms with Gasteiger partial charge in [0.25, 0.3) is 0 Å². The molecule has 0 aromatic heterocycles. The molecule has 1 rings (SSSR count). The first-order valence-electron chi connectivity index (χ1n) is 11.9. The predicted octanol–water partition coefficient (Wildman–Crippen LogP) is 7.09. The maximum absolute atomic E-state index is 11.9. The topological polar surface area (TPSA) is 49.3 Å². The molecule has 0 aliphatic heterocycles. The minimum atomic E-state index is 0.0587. The summed E-state index contributed by atoms with van der Waals surface area (Å²) in [6.07, 6.45) is 23.3. The van der Waals surface area contributed by atoms with Gasteiger partial charge < -0.3 is 10.4 Å². The highest BCUT2D eigenvalue weighted by molar-refractivity contribution is 5.78. The van der Waals surface area contributed by atoms with E-state index in [2.05, 4.69) is 24.4 Å². The van der Waals surface area contributed by atoms with E-state index in [1.54, 1.807) is 24.3 Å². The normalized spacial score (nSPS) is 11.2. The highest BCUT2D eigenvalue weighted by Gasteiger charge is 2.02. The third kappa shape index (κ3) is 15.8. The van der Waals surface area contributed by atoms with E-state index in [4.69, 9.17) is 0 Å². The molecular weight excluding hydrogens is 358 g/mol. The summed E-state index contributed by atoms with van der Waals surface area (Å²) in [6.45, 7) is 3.03. The largest absolute Gasteiger partial charge is 0.508 e. The van der Waals surface area contributed by atoms with Gasteiger partial charge in [0.1, 0.15) is 5.75 Å². The van der Waals surface area contributed by atoms with E-state index in [0.29, 0.717) is 6.42 Å². The number of allylic oxidation sites excluding steroid dienone is 2. The van der Waals surface area contributed by atoms with E-state index in [1.807, 2.05) is 0 Å². The molecule has 1 aromatic rings. The van der Waals surface area contributed by atoms with Crippen molar-refractivity contribution in [2.45, 2.75) is 103 Å². The highest BCUT2D eigenvalue weighted by atomic mass is 16.3. The molecule has 0 aliphatic carbocycles. The minimum absolute atomic E-state index is 0.0587. The number of phenols is 1. The maximum Gasteiger partial charge on any atom is 0.224 e. The Labute approximate surface area is 179 Å². The first-order chi connectivity index (χ1) is 14.2. The number of aromatic hydroxyl groups is 1. The quantitative estimate of drug-likeness (QED) is 0.204. The fourth-order valence-electron chi connectivity index (χ4n) is 3.46. The van der Waals surface area contributed by atoms with Crippen molar-refractivity contribution in [3.63, 3.8) is 0 Å². The number of unbranched alkanes of at least 4 members (excludes halogenated alkanes) is 12. The van der Waals surface area contributed by atoms with Gasteiger partial charge in [-0.1, -0.05) is 89.0 Å². The standard InChI is InChI=1S/C26H43NO2/c1-2-3-4-5-6-7-8-9-10-11-12-13-14-15-16-17-22-27-26(29)23-24-18-20-25(28)21-19-24/h9-10,18-21,28H,2-8,11-17,22-23H2,1H3,(H,27,29)/b10-9-. The van der Waals surface area contributed by atoms with Crippen molar-refractivity contribution in [1.82, 2.24) is 5.32 Å². The molecule has 0 fully saturated rings. The number of hydrogen-bond donors (Lipinski definition) is 2. The Morgan fingerprint density at radius 2 is 1.31 bits per heavy atom. The summed E-state index contributed by atoms with van der Waals surface area (Å²) in [7, 11) is 0. The predicted molar refractivity (Wildman–Crippen MR) is 124 cm³/mol. The summed E-state index contributed by atoms with van der Waals surface area (Å²) in [5.41, 5.74) is 0.932. The number of rotatable bonds is 18. The Morgan fingerprint density at radius 1 is 0.793 bits per heavy atom. The average molecular weight is 402 g/mol. The van der Waals surface area contributed by atoms with Crippen LogP contribution in [-0.4, -0.2) is 17.6 Å². The second kappa shape index (κ2) is 18.3. The zero-order chi connectivity index (χ0) is 21.0. The van der Waals surface area contributed by atoms with Crippen molar-refractivity contribution in [3.05, 3.63) is 42.0 Å². The van der Waals surface area contributed by atoms with Crippen molar-refractivity contribution in [3.8, 4) is 5.75 Å². The van der Waals surface area contributed by atoms with Crippen LogP contribution < -0.4 is 5.32 Å². The van der Waals surface area contributed by atoms with Crippen LogP contribution in [0.5, 0.6) is 5.75 Å². The molecule has 0 aliphatic rings. The summed E-state index contributed by atoms with van der Waals surface area (Å²) in [5, 5.41) is 12.2. The Morgan fingerprint density at radius 3 is 1.90 bits per heavy atom. The Hall–Kier alpha value is -1.77. The zero-order valence-electron chi connectivity index (χ0n) is 18.6. The molecule has 0 saturated heterocycles. The molecule has 1 aromatic carbocycles. The summed E-state index contributed by atoms with van der Waals surface area (Å²) in [5.74, 6) is 0.293. The molecule has 29 heavy (non-hydrogen) atoms. The lowest BCUT2D eigenvalue weighted by atomic mass is 10.1. The van der Waals surface area contributed by atoms with Gasteiger partial charge in [0.2, 0.25) is 5.91 Å². The van der Waals surface area contributed by atoms with Gasteiger partial charge in [-0.05, 0) is 49.8 Å². The van der Waals surface area contributed by atoms with Gasteiger partial charge in [-0.2, -0.15) is 0 Å². The molecule has 2 N–H and O–H groups in total. The van der Waals surface area contributed by atoms with Gasteiger partial charge in [-0.15, -0.1) is 0 Å².